The first-order chi connectivity index (χ1) is 9.80. The van der Waals surface area contributed by atoms with Gasteiger partial charge in [-0.1, -0.05) is 26.3 Å². The third-order valence-electron chi connectivity index (χ3n) is 3.81. The third kappa shape index (κ3) is 5.06. The Morgan fingerprint density at radius 1 is 1.33 bits per heavy atom. The van der Waals surface area contributed by atoms with Gasteiger partial charge >= 0.3 is 0 Å². The first-order valence-corrected chi connectivity index (χ1v) is 9.33. The van der Waals surface area contributed by atoms with Gasteiger partial charge in [-0.05, 0) is 26.7 Å². The van der Waals surface area contributed by atoms with Crippen LogP contribution in [0.25, 0.3) is 0 Å². The summed E-state index contributed by atoms with van der Waals surface area (Å²) in [6, 6.07) is 0.358. The van der Waals surface area contributed by atoms with E-state index in [-0.39, 0.29) is 12.1 Å². The molecule has 0 amide bonds. The van der Waals surface area contributed by atoms with Gasteiger partial charge in [0.25, 0.3) is 10.2 Å². The maximum Gasteiger partial charge on any atom is 0.282 e. The number of piperidine rings is 1. The third-order valence-corrected chi connectivity index (χ3v) is 6.05. The van der Waals surface area contributed by atoms with Crippen molar-refractivity contribution in [2.45, 2.75) is 65.1 Å². The molecule has 0 bridgehead atoms. The zero-order valence-corrected chi connectivity index (χ0v) is 14.7. The predicted octanol–water partition coefficient (Wildman–Crippen LogP) is 1.98. The van der Waals surface area contributed by atoms with Crippen LogP contribution in [-0.4, -0.2) is 54.8 Å². The highest BCUT2D eigenvalue weighted by molar-refractivity contribution is 7.86. The zero-order valence-electron chi connectivity index (χ0n) is 13.9. The van der Waals surface area contributed by atoms with Crippen LogP contribution >= 0.6 is 0 Å². The quantitative estimate of drug-likeness (QED) is 0.697. The molecule has 1 fully saturated rings. The van der Waals surface area contributed by atoms with Crippen molar-refractivity contribution in [3.63, 3.8) is 0 Å². The number of rotatable bonds is 8. The topological polar surface area (TPSA) is 52.7 Å². The van der Waals surface area contributed by atoms with Gasteiger partial charge in [0.05, 0.1) is 0 Å². The summed E-state index contributed by atoms with van der Waals surface area (Å²) in [6.45, 7) is 13.4. The van der Waals surface area contributed by atoms with Crippen LogP contribution in [0, 0.1) is 0 Å². The first kappa shape index (κ1) is 18.6. The highest BCUT2D eigenvalue weighted by atomic mass is 32.2. The molecular weight excluding hydrogens is 286 g/mol. The second kappa shape index (κ2) is 8.27. The van der Waals surface area contributed by atoms with Gasteiger partial charge < -0.3 is 5.32 Å². The maximum absolute atomic E-state index is 12.9. The normalized spacial score (nSPS) is 21.4. The van der Waals surface area contributed by atoms with E-state index in [1.54, 1.807) is 10.4 Å². The highest BCUT2D eigenvalue weighted by Gasteiger charge is 2.36. The molecule has 0 aromatic heterocycles. The molecule has 6 heteroatoms. The summed E-state index contributed by atoms with van der Waals surface area (Å²) in [7, 11) is -3.43. The van der Waals surface area contributed by atoms with Crippen LogP contribution in [0.15, 0.2) is 12.7 Å². The van der Waals surface area contributed by atoms with Crippen LogP contribution in [0.3, 0.4) is 0 Å². The molecule has 1 heterocycles. The molecular formula is C15H31N3O2S. The van der Waals surface area contributed by atoms with Crippen LogP contribution < -0.4 is 5.32 Å². The lowest BCUT2D eigenvalue weighted by Crippen LogP contribution is -2.55. The minimum atomic E-state index is -3.43. The summed E-state index contributed by atoms with van der Waals surface area (Å²) in [4.78, 5) is 0. The SMILES string of the molecule is C=CCN(C(C)C)S(=O)(=O)N1CCCCC1CNC(C)C. The fourth-order valence-electron chi connectivity index (χ4n) is 2.69. The van der Waals surface area contributed by atoms with E-state index < -0.39 is 10.2 Å². The Morgan fingerprint density at radius 2 is 2.00 bits per heavy atom. The molecule has 1 saturated heterocycles. The van der Waals surface area contributed by atoms with Crippen molar-refractivity contribution in [2.24, 2.45) is 0 Å². The van der Waals surface area contributed by atoms with Crippen molar-refractivity contribution in [1.29, 1.82) is 0 Å². The largest absolute Gasteiger partial charge is 0.313 e. The molecule has 1 unspecified atom stereocenters. The van der Waals surface area contributed by atoms with Crippen LogP contribution in [-0.2, 0) is 10.2 Å². The van der Waals surface area contributed by atoms with Gasteiger partial charge in [-0.15, -0.1) is 6.58 Å². The van der Waals surface area contributed by atoms with Crippen LogP contribution in [0.2, 0.25) is 0 Å². The predicted molar refractivity (Wildman–Crippen MR) is 88.4 cm³/mol. The lowest BCUT2D eigenvalue weighted by molar-refractivity contribution is 0.219. The molecule has 1 atom stereocenters. The summed E-state index contributed by atoms with van der Waals surface area (Å²) in [5.41, 5.74) is 0. The first-order valence-electron chi connectivity index (χ1n) is 7.93. The van der Waals surface area contributed by atoms with Gasteiger partial charge in [0, 0.05) is 37.8 Å². The van der Waals surface area contributed by atoms with Crippen LogP contribution in [0.5, 0.6) is 0 Å². The van der Waals surface area contributed by atoms with E-state index in [1.807, 2.05) is 13.8 Å². The van der Waals surface area contributed by atoms with Gasteiger partial charge in [-0.25, -0.2) is 0 Å². The van der Waals surface area contributed by atoms with E-state index in [2.05, 4.69) is 25.7 Å². The summed E-state index contributed by atoms with van der Waals surface area (Å²) in [5.74, 6) is 0. The fourth-order valence-corrected chi connectivity index (χ4v) is 4.70. The van der Waals surface area contributed by atoms with Gasteiger partial charge in [-0.3, -0.25) is 0 Å². The Balaban J connectivity index is 2.92. The number of nitrogens with one attached hydrogen (secondary N) is 1. The van der Waals surface area contributed by atoms with Crippen LogP contribution in [0.1, 0.15) is 47.0 Å². The molecule has 0 aromatic carbocycles. The van der Waals surface area contributed by atoms with E-state index in [9.17, 15) is 8.42 Å². The second-order valence-corrected chi connectivity index (χ2v) is 8.12. The number of nitrogens with zero attached hydrogens (tertiary/aromatic N) is 2. The highest BCUT2D eigenvalue weighted by Crippen LogP contribution is 2.23. The van der Waals surface area contributed by atoms with E-state index >= 15 is 0 Å². The van der Waals surface area contributed by atoms with Gasteiger partial charge in [0.15, 0.2) is 0 Å². The molecule has 0 aliphatic carbocycles. The summed E-state index contributed by atoms with van der Waals surface area (Å²) in [6.07, 6.45) is 4.62. The molecule has 0 radical (unpaired) electrons. The van der Waals surface area contributed by atoms with Gasteiger partial charge in [0.2, 0.25) is 0 Å². The molecule has 124 valence electrons. The van der Waals surface area contributed by atoms with E-state index in [4.69, 9.17) is 0 Å². The Labute approximate surface area is 130 Å². The molecule has 1 aliphatic heterocycles. The smallest absolute Gasteiger partial charge is 0.282 e. The standard InChI is InChI=1S/C15H31N3O2S/c1-6-10-17(14(4)5)21(19,20)18-11-8-7-9-15(18)12-16-13(2)3/h6,13-16H,1,7-12H2,2-5H3. The molecule has 0 aromatic rings. The fraction of sp³-hybridized carbons (Fsp3) is 0.867. The minimum absolute atomic E-state index is 0.0530. The average Bonchev–Trinajstić information content (AvgIpc) is 2.42. The Bertz CT molecular complexity index is 421. The van der Waals surface area contributed by atoms with Crippen molar-refractivity contribution in [1.82, 2.24) is 13.9 Å². The Hall–Kier alpha value is -0.430. The van der Waals surface area contributed by atoms with Crippen LogP contribution in [0.4, 0.5) is 0 Å². The van der Waals surface area contributed by atoms with Crippen molar-refractivity contribution >= 4 is 10.2 Å². The monoisotopic (exact) mass is 317 g/mol. The average molecular weight is 317 g/mol. The second-order valence-electron chi connectivity index (χ2n) is 6.28. The van der Waals surface area contributed by atoms with Gasteiger partial charge in [0.1, 0.15) is 0 Å². The maximum atomic E-state index is 12.9. The number of hydrogen-bond donors (Lipinski definition) is 1. The molecule has 5 nitrogen and oxygen atoms in total. The van der Waals surface area contributed by atoms with Crippen molar-refractivity contribution in [3.8, 4) is 0 Å². The van der Waals surface area contributed by atoms with E-state index in [1.165, 1.54) is 4.31 Å². The Kier molecular flexibility index (Phi) is 7.33. The lowest BCUT2D eigenvalue weighted by atomic mass is 10.0. The van der Waals surface area contributed by atoms with Crippen molar-refractivity contribution < 1.29 is 8.42 Å². The van der Waals surface area contributed by atoms with E-state index in [0.717, 1.165) is 25.8 Å². The molecule has 0 saturated carbocycles. The van der Waals surface area contributed by atoms with Gasteiger partial charge in [-0.2, -0.15) is 17.0 Å². The summed E-state index contributed by atoms with van der Waals surface area (Å²) >= 11 is 0. The molecule has 21 heavy (non-hydrogen) atoms. The lowest BCUT2D eigenvalue weighted by Gasteiger charge is -2.39. The van der Waals surface area contributed by atoms with Crippen molar-refractivity contribution in [3.05, 3.63) is 12.7 Å². The summed E-state index contributed by atoms with van der Waals surface area (Å²) < 4.78 is 29.1. The molecule has 1 rings (SSSR count). The van der Waals surface area contributed by atoms with E-state index in [0.29, 0.717) is 19.1 Å². The molecule has 1 aliphatic rings. The number of hydrogen-bond acceptors (Lipinski definition) is 3. The zero-order chi connectivity index (χ0) is 16.0. The molecule has 0 spiro atoms. The summed E-state index contributed by atoms with van der Waals surface area (Å²) in [5, 5.41) is 3.37. The van der Waals surface area contributed by atoms with Crippen molar-refractivity contribution in [2.75, 3.05) is 19.6 Å². The molecule has 1 N–H and O–H groups in total. The Morgan fingerprint density at radius 3 is 2.52 bits per heavy atom. The minimum Gasteiger partial charge on any atom is -0.313 e.